The summed E-state index contributed by atoms with van der Waals surface area (Å²) in [6.07, 6.45) is 20.1. The highest BCUT2D eigenvalue weighted by molar-refractivity contribution is 8.15. The molecule has 0 aliphatic carbocycles. The predicted octanol–water partition coefficient (Wildman–Crippen LogP) is 7.23. The fourth-order valence-electron chi connectivity index (χ4n) is 2.89. The summed E-state index contributed by atoms with van der Waals surface area (Å²) < 4.78 is 0. The second-order valence-electron chi connectivity index (χ2n) is 6.98. The maximum Gasteiger partial charge on any atom is 0.188 e. The molecule has 1 saturated heterocycles. The maximum atomic E-state index is 11.6. The zero-order valence-electron chi connectivity index (χ0n) is 15.3. The first kappa shape index (κ1) is 21.4. The van der Waals surface area contributed by atoms with Crippen molar-refractivity contribution in [2.24, 2.45) is 0 Å². The third-order valence-corrected chi connectivity index (χ3v) is 6.84. The van der Waals surface area contributed by atoms with Gasteiger partial charge < -0.3 is 0 Å². The molecule has 0 spiro atoms. The molecule has 0 N–H and O–H groups in total. The van der Waals surface area contributed by atoms with Crippen molar-refractivity contribution in [1.29, 1.82) is 0 Å². The van der Waals surface area contributed by atoms with Gasteiger partial charge in [-0.25, -0.2) is 0 Å². The van der Waals surface area contributed by atoms with E-state index in [2.05, 4.69) is 6.92 Å². The van der Waals surface area contributed by atoms with Gasteiger partial charge in [0.25, 0.3) is 0 Å². The molecule has 1 nitrogen and oxygen atoms in total. The van der Waals surface area contributed by atoms with Crippen LogP contribution >= 0.6 is 23.5 Å². The fraction of sp³-hybridized carbons (Fsp3) is 0.950. The Labute approximate surface area is 153 Å². The topological polar surface area (TPSA) is 17.1 Å². The molecule has 1 heterocycles. The van der Waals surface area contributed by atoms with E-state index in [1.807, 2.05) is 11.8 Å². The van der Waals surface area contributed by atoms with Gasteiger partial charge in [0.1, 0.15) is 0 Å². The van der Waals surface area contributed by atoms with Gasteiger partial charge in [0, 0.05) is 23.2 Å². The SMILES string of the molecule is CCCCCCCCCCCCCCCCC(=O)SCC1CS1. The summed E-state index contributed by atoms with van der Waals surface area (Å²) in [5.74, 6) is 2.33. The highest BCUT2D eigenvalue weighted by atomic mass is 32.2. The average Bonchev–Trinajstić information content (AvgIpc) is 3.37. The lowest BCUT2D eigenvalue weighted by atomic mass is 10.0. The van der Waals surface area contributed by atoms with Crippen molar-refractivity contribution < 1.29 is 4.79 Å². The molecule has 1 unspecified atom stereocenters. The van der Waals surface area contributed by atoms with Gasteiger partial charge in [0.2, 0.25) is 0 Å². The molecule has 3 heteroatoms. The van der Waals surface area contributed by atoms with Gasteiger partial charge in [-0.05, 0) is 6.42 Å². The molecule has 0 saturated carbocycles. The Balaban J connectivity index is 1.67. The Hall–Kier alpha value is 0.370. The molecule has 23 heavy (non-hydrogen) atoms. The third-order valence-electron chi connectivity index (χ3n) is 4.57. The summed E-state index contributed by atoms with van der Waals surface area (Å²) >= 11 is 3.56. The quantitative estimate of drug-likeness (QED) is 0.201. The first-order chi connectivity index (χ1) is 11.3. The lowest BCUT2D eigenvalue weighted by Gasteiger charge is -2.03. The van der Waals surface area contributed by atoms with E-state index in [1.165, 1.54) is 89.2 Å². The number of hydrogen-bond donors (Lipinski definition) is 0. The van der Waals surface area contributed by atoms with Crippen molar-refractivity contribution in [3.63, 3.8) is 0 Å². The monoisotopic (exact) mass is 358 g/mol. The minimum atomic E-state index is 0.427. The first-order valence-electron chi connectivity index (χ1n) is 10.1. The lowest BCUT2D eigenvalue weighted by Crippen LogP contribution is -1.96. The van der Waals surface area contributed by atoms with E-state index in [-0.39, 0.29) is 0 Å². The number of thioether (sulfide) groups is 2. The summed E-state index contributed by atoms with van der Waals surface area (Å²) in [5.41, 5.74) is 0. The normalized spacial score (nSPS) is 16.7. The van der Waals surface area contributed by atoms with Crippen LogP contribution in [0.25, 0.3) is 0 Å². The van der Waals surface area contributed by atoms with Gasteiger partial charge in [-0.3, -0.25) is 4.79 Å². The van der Waals surface area contributed by atoms with Gasteiger partial charge in [-0.15, -0.1) is 0 Å². The van der Waals surface area contributed by atoms with Crippen LogP contribution in [-0.4, -0.2) is 21.9 Å². The Bertz CT molecular complexity index is 277. The first-order valence-corrected chi connectivity index (χ1v) is 12.1. The van der Waals surface area contributed by atoms with Crippen LogP contribution in [0.4, 0.5) is 0 Å². The number of rotatable bonds is 17. The number of carbonyl (C=O) groups is 1. The molecule has 1 fully saturated rings. The van der Waals surface area contributed by atoms with Gasteiger partial charge >= 0.3 is 0 Å². The number of carbonyl (C=O) groups excluding carboxylic acids is 1. The Morgan fingerprint density at radius 2 is 1.26 bits per heavy atom. The largest absolute Gasteiger partial charge is 0.287 e. The molecule has 136 valence electrons. The molecule has 1 aliphatic heterocycles. The van der Waals surface area contributed by atoms with Crippen LogP contribution in [0.15, 0.2) is 0 Å². The van der Waals surface area contributed by atoms with Crippen molar-refractivity contribution >= 4 is 28.6 Å². The minimum Gasteiger partial charge on any atom is -0.287 e. The number of unbranched alkanes of at least 4 members (excludes halogenated alkanes) is 13. The molecule has 1 aliphatic rings. The van der Waals surface area contributed by atoms with E-state index in [1.54, 1.807) is 11.8 Å². The molecular formula is C20H38OS2. The maximum absolute atomic E-state index is 11.6. The van der Waals surface area contributed by atoms with Crippen LogP contribution in [0.3, 0.4) is 0 Å². The van der Waals surface area contributed by atoms with Crippen LogP contribution in [-0.2, 0) is 4.79 Å². The average molecular weight is 359 g/mol. The molecule has 0 aromatic rings. The van der Waals surface area contributed by atoms with Crippen LogP contribution in [0, 0.1) is 0 Å². The lowest BCUT2D eigenvalue weighted by molar-refractivity contribution is -0.111. The second-order valence-corrected chi connectivity index (χ2v) is 9.40. The molecule has 0 aromatic heterocycles. The summed E-state index contributed by atoms with van der Waals surface area (Å²) in [6, 6.07) is 0. The Morgan fingerprint density at radius 3 is 1.70 bits per heavy atom. The Morgan fingerprint density at radius 1 is 0.826 bits per heavy atom. The molecule has 1 rings (SSSR count). The highest BCUT2D eigenvalue weighted by Crippen LogP contribution is 2.33. The van der Waals surface area contributed by atoms with Crippen molar-refractivity contribution in [1.82, 2.24) is 0 Å². The molecule has 0 aromatic carbocycles. The summed E-state index contributed by atoms with van der Waals surface area (Å²) in [6.45, 7) is 2.28. The summed E-state index contributed by atoms with van der Waals surface area (Å²) in [4.78, 5) is 11.6. The van der Waals surface area contributed by atoms with Gasteiger partial charge in [0.05, 0.1) is 0 Å². The zero-order valence-corrected chi connectivity index (χ0v) is 17.0. The summed E-state index contributed by atoms with van der Waals surface area (Å²) in [7, 11) is 0. The van der Waals surface area contributed by atoms with Crippen LogP contribution < -0.4 is 0 Å². The van der Waals surface area contributed by atoms with Gasteiger partial charge in [-0.1, -0.05) is 102 Å². The number of hydrogen-bond acceptors (Lipinski definition) is 3. The van der Waals surface area contributed by atoms with Crippen LogP contribution in [0.1, 0.15) is 103 Å². The van der Waals surface area contributed by atoms with E-state index in [0.29, 0.717) is 5.12 Å². The van der Waals surface area contributed by atoms with E-state index >= 15 is 0 Å². The zero-order chi connectivity index (χ0) is 16.6. The van der Waals surface area contributed by atoms with E-state index in [0.717, 1.165) is 23.8 Å². The second kappa shape index (κ2) is 15.9. The van der Waals surface area contributed by atoms with Gasteiger partial charge in [0.15, 0.2) is 5.12 Å². The Kier molecular flexibility index (Phi) is 14.8. The standard InChI is InChI=1S/C20H38OS2/c1-2-3-4-5-6-7-8-9-10-11-12-13-14-15-16-20(21)23-18-19-17-22-19/h19H,2-18H2,1H3. The van der Waals surface area contributed by atoms with E-state index < -0.39 is 0 Å². The van der Waals surface area contributed by atoms with Crippen molar-refractivity contribution in [2.45, 2.75) is 108 Å². The van der Waals surface area contributed by atoms with Gasteiger partial charge in [-0.2, -0.15) is 11.8 Å². The predicted molar refractivity (Wildman–Crippen MR) is 109 cm³/mol. The van der Waals surface area contributed by atoms with Crippen molar-refractivity contribution in [3.05, 3.63) is 0 Å². The van der Waals surface area contributed by atoms with Crippen molar-refractivity contribution in [3.8, 4) is 0 Å². The van der Waals surface area contributed by atoms with Crippen molar-refractivity contribution in [2.75, 3.05) is 11.5 Å². The molecule has 0 bridgehead atoms. The molecule has 0 amide bonds. The molecular weight excluding hydrogens is 320 g/mol. The highest BCUT2D eigenvalue weighted by Gasteiger charge is 2.23. The smallest absolute Gasteiger partial charge is 0.188 e. The molecule has 1 atom stereocenters. The third kappa shape index (κ3) is 15.6. The van der Waals surface area contributed by atoms with E-state index in [9.17, 15) is 4.79 Å². The van der Waals surface area contributed by atoms with Crippen LogP contribution in [0.2, 0.25) is 0 Å². The summed E-state index contributed by atoms with van der Waals surface area (Å²) in [5, 5.41) is 1.22. The van der Waals surface area contributed by atoms with E-state index in [4.69, 9.17) is 0 Å². The fourth-order valence-corrected chi connectivity index (χ4v) is 4.66. The molecule has 0 radical (unpaired) electrons. The van der Waals surface area contributed by atoms with Crippen LogP contribution in [0.5, 0.6) is 0 Å². The minimum absolute atomic E-state index is 0.427.